The SMILES string of the molecule is Cc1cccc(S(=O)(=O)NCC(=O)NCc2cncc(-c3ccsc3)c2)c1. The van der Waals surface area contributed by atoms with Crippen LogP contribution in [0.3, 0.4) is 0 Å². The molecule has 0 saturated carbocycles. The monoisotopic (exact) mass is 401 g/mol. The molecule has 1 amide bonds. The van der Waals surface area contributed by atoms with E-state index in [1.165, 1.54) is 6.07 Å². The molecule has 0 radical (unpaired) electrons. The van der Waals surface area contributed by atoms with Gasteiger partial charge in [-0.05, 0) is 58.6 Å². The minimum Gasteiger partial charge on any atom is -0.351 e. The quantitative estimate of drug-likeness (QED) is 0.637. The Hall–Kier alpha value is -2.55. The summed E-state index contributed by atoms with van der Waals surface area (Å²) in [6.45, 7) is 1.76. The van der Waals surface area contributed by atoms with E-state index in [1.807, 2.05) is 35.9 Å². The molecule has 140 valence electrons. The van der Waals surface area contributed by atoms with E-state index in [1.54, 1.807) is 35.9 Å². The van der Waals surface area contributed by atoms with Crippen LogP contribution in [0.25, 0.3) is 11.1 Å². The number of aromatic nitrogens is 1. The van der Waals surface area contributed by atoms with Gasteiger partial charge in [0.25, 0.3) is 0 Å². The van der Waals surface area contributed by atoms with Crippen molar-refractivity contribution in [2.75, 3.05) is 6.54 Å². The van der Waals surface area contributed by atoms with Gasteiger partial charge in [-0.25, -0.2) is 13.1 Å². The number of benzene rings is 1. The van der Waals surface area contributed by atoms with Gasteiger partial charge in [0.05, 0.1) is 11.4 Å². The van der Waals surface area contributed by atoms with Crippen molar-refractivity contribution in [3.8, 4) is 11.1 Å². The molecule has 2 N–H and O–H groups in total. The standard InChI is InChI=1S/C19H19N3O3S2/c1-14-3-2-4-18(7-14)27(24,25)22-12-19(23)21-10-15-8-17(11-20-9-15)16-5-6-26-13-16/h2-9,11,13,22H,10,12H2,1H3,(H,21,23). The molecule has 0 aliphatic carbocycles. The predicted octanol–water partition coefficient (Wildman–Crippen LogP) is 2.71. The van der Waals surface area contributed by atoms with E-state index in [9.17, 15) is 13.2 Å². The second-order valence-corrected chi connectivity index (χ2v) is 8.56. The third kappa shape index (κ3) is 5.22. The third-order valence-corrected chi connectivity index (χ3v) is 5.94. The largest absolute Gasteiger partial charge is 0.351 e. The van der Waals surface area contributed by atoms with Gasteiger partial charge in [-0.1, -0.05) is 12.1 Å². The zero-order valence-electron chi connectivity index (χ0n) is 14.7. The Bertz CT molecular complexity index is 1030. The number of thiophene rings is 1. The lowest BCUT2D eigenvalue weighted by atomic mass is 10.1. The molecule has 2 aromatic heterocycles. The van der Waals surface area contributed by atoms with E-state index in [-0.39, 0.29) is 18.0 Å². The number of rotatable bonds is 7. The average molecular weight is 402 g/mol. The number of aryl methyl sites for hydroxylation is 1. The van der Waals surface area contributed by atoms with Crippen LogP contribution in [0.15, 0.2) is 64.4 Å². The van der Waals surface area contributed by atoms with Gasteiger partial charge in [0.15, 0.2) is 0 Å². The van der Waals surface area contributed by atoms with Gasteiger partial charge in [-0.3, -0.25) is 9.78 Å². The van der Waals surface area contributed by atoms with E-state index in [0.717, 1.165) is 22.3 Å². The second-order valence-electron chi connectivity index (χ2n) is 6.01. The minimum atomic E-state index is -3.72. The summed E-state index contributed by atoms with van der Waals surface area (Å²) in [5.74, 6) is -0.410. The first-order valence-corrected chi connectivity index (χ1v) is 10.7. The Balaban J connectivity index is 1.55. The maximum Gasteiger partial charge on any atom is 0.241 e. The van der Waals surface area contributed by atoms with Gasteiger partial charge in [-0.2, -0.15) is 11.3 Å². The van der Waals surface area contributed by atoms with Crippen molar-refractivity contribution in [2.45, 2.75) is 18.4 Å². The van der Waals surface area contributed by atoms with Gasteiger partial charge in [-0.15, -0.1) is 0 Å². The van der Waals surface area contributed by atoms with Crippen LogP contribution in [0.4, 0.5) is 0 Å². The lowest BCUT2D eigenvalue weighted by molar-refractivity contribution is -0.120. The Kier molecular flexibility index (Phi) is 6.00. The van der Waals surface area contributed by atoms with Crippen molar-refractivity contribution < 1.29 is 13.2 Å². The molecule has 0 aliphatic rings. The highest BCUT2D eigenvalue weighted by Crippen LogP contribution is 2.21. The number of amides is 1. The van der Waals surface area contributed by atoms with Gasteiger partial charge < -0.3 is 5.32 Å². The predicted molar refractivity (Wildman–Crippen MR) is 106 cm³/mol. The number of carbonyl (C=O) groups is 1. The van der Waals surface area contributed by atoms with Crippen LogP contribution < -0.4 is 10.0 Å². The van der Waals surface area contributed by atoms with Crippen LogP contribution in [0, 0.1) is 6.92 Å². The van der Waals surface area contributed by atoms with Crippen molar-refractivity contribution in [3.05, 3.63) is 70.7 Å². The van der Waals surface area contributed by atoms with Gasteiger partial charge >= 0.3 is 0 Å². The molecule has 3 aromatic rings. The van der Waals surface area contributed by atoms with Crippen LogP contribution in [-0.2, 0) is 21.4 Å². The maximum absolute atomic E-state index is 12.2. The summed E-state index contributed by atoms with van der Waals surface area (Å²) in [6.07, 6.45) is 3.44. The van der Waals surface area contributed by atoms with Crippen LogP contribution >= 0.6 is 11.3 Å². The molecular weight excluding hydrogens is 382 g/mol. The van der Waals surface area contributed by atoms with Crippen LogP contribution in [0.1, 0.15) is 11.1 Å². The molecule has 0 fully saturated rings. The van der Waals surface area contributed by atoms with E-state index >= 15 is 0 Å². The number of carbonyl (C=O) groups excluding carboxylic acids is 1. The van der Waals surface area contributed by atoms with Crippen molar-refractivity contribution in [1.29, 1.82) is 0 Å². The highest BCUT2D eigenvalue weighted by atomic mass is 32.2. The minimum absolute atomic E-state index is 0.142. The fourth-order valence-corrected chi connectivity index (χ4v) is 4.21. The van der Waals surface area contributed by atoms with Gasteiger partial charge in [0, 0.05) is 24.5 Å². The molecule has 3 rings (SSSR count). The zero-order valence-corrected chi connectivity index (χ0v) is 16.3. The number of hydrogen-bond acceptors (Lipinski definition) is 5. The van der Waals surface area contributed by atoms with Crippen LogP contribution in [-0.4, -0.2) is 25.9 Å². The Labute approximate surface area is 162 Å². The molecule has 0 bridgehead atoms. The molecule has 0 aliphatic heterocycles. The molecule has 2 heterocycles. The topological polar surface area (TPSA) is 88.2 Å². The molecule has 0 spiro atoms. The van der Waals surface area contributed by atoms with Crippen LogP contribution in [0.2, 0.25) is 0 Å². The average Bonchev–Trinajstić information content (AvgIpc) is 3.20. The summed E-state index contributed by atoms with van der Waals surface area (Å²) < 4.78 is 26.8. The van der Waals surface area contributed by atoms with E-state index < -0.39 is 15.9 Å². The number of sulfonamides is 1. The molecule has 1 aromatic carbocycles. The highest BCUT2D eigenvalue weighted by Gasteiger charge is 2.15. The number of nitrogens with zero attached hydrogens (tertiary/aromatic N) is 1. The first-order valence-electron chi connectivity index (χ1n) is 8.23. The summed E-state index contributed by atoms with van der Waals surface area (Å²) in [4.78, 5) is 16.4. The molecule has 27 heavy (non-hydrogen) atoms. The highest BCUT2D eigenvalue weighted by molar-refractivity contribution is 7.89. The first kappa shape index (κ1) is 19.2. The van der Waals surface area contributed by atoms with Crippen molar-refractivity contribution >= 4 is 27.3 Å². The lowest BCUT2D eigenvalue weighted by Gasteiger charge is -2.09. The van der Waals surface area contributed by atoms with Gasteiger partial charge in [0.1, 0.15) is 0 Å². The molecule has 0 unspecified atom stereocenters. The van der Waals surface area contributed by atoms with Crippen molar-refractivity contribution in [1.82, 2.24) is 15.0 Å². The summed E-state index contributed by atoms with van der Waals surface area (Å²) >= 11 is 1.60. The molecule has 8 heteroatoms. The number of hydrogen-bond donors (Lipinski definition) is 2. The molecule has 6 nitrogen and oxygen atoms in total. The molecular formula is C19H19N3O3S2. The Morgan fingerprint density at radius 2 is 2.00 bits per heavy atom. The number of pyridine rings is 1. The van der Waals surface area contributed by atoms with Crippen molar-refractivity contribution in [2.24, 2.45) is 0 Å². The number of nitrogens with one attached hydrogen (secondary N) is 2. The second kappa shape index (κ2) is 8.43. The third-order valence-electron chi connectivity index (χ3n) is 3.86. The Morgan fingerprint density at radius 1 is 1.15 bits per heavy atom. The lowest BCUT2D eigenvalue weighted by Crippen LogP contribution is -2.36. The van der Waals surface area contributed by atoms with Crippen molar-refractivity contribution in [3.63, 3.8) is 0 Å². The summed E-state index contributed by atoms with van der Waals surface area (Å²) in [7, 11) is -3.72. The zero-order chi connectivity index (χ0) is 19.3. The van der Waals surface area contributed by atoms with E-state index in [4.69, 9.17) is 0 Å². The maximum atomic E-state index is 12.2. The van der Waals surface area contributed by atoms with Crippen LogP contribution in [0.5, 0.6) is 0 Å². The summed E-state index contributed by atoms with van der Waals surface area (Å²) in [5, 5.41) is 6.72. The Morgan fingerprint density at radius 3 is 2.74 bits per heavy atom. The smallest absolute Gasteiger partial charge is 0.241 e. The van der Waals surface area contributed by atoms with E-state index in [0.29, 0.717) is 0 Å². The first-order chi connectivity index (χ1) is 12.9. The normalized spacial score (nSPS) is 11.3. The fourth-order valence-electron chi connectivity index (χ4n) is 2.46. The molecule has 0 atom stereocenters. The van der Waals surface area contributed by atoms with Gasteiger partial charge in [0.2, 0.25) is 15.9 Å². The molecule has 0 saturated heterocycles. The summed E-state index contributed by atoms with van der Waals surface area (Å²) in [5.41, 5.74) is 3.73. The fraction of sp³-hybridized carbons (Fsp3) is 0.158. The van der Waals surface area contributed by atoms with E-state index in [2.05, 4.69) is 15.0 Å². The summed E-state index contributed by atoms with van der Waals surface area (Å²) in [6, 6.07) is 10.5.